The highest BCUT2D eigenvalue weighted by atomic mass is 32.2. The fourth-order valence-corrected chi connectivity index (χ4v) is 3.53. The first-order valence-electron chi connectivity index (χ1n) is 7.82. The van der Waals surface area contributed by atoms with Crippen LogP contribution in [0.25, 0.3) is 0 Å². The number of sulfonamides is 1. The molecule has 0 aromatic rings. The second kappa shape index (κ2) is 9.41. The van der Waals surface area contributed by atoms with Gasteiger partial charge in [-0.15, -0.1) is 0 Å². The summed E-state index contributed by atoms with van der Waals surface area (Å²) in [5.74, 6) is 0. The molecular formula is C14H29N3O5S. The number of carbonyl (C=O) groups excluding carboxylic acids is 1. The molecular weight excluding hydrogens is 322 g/mol. The quantitative estimate of drug-likeness (QED) is 0.577. The van der Waals surface area contributed by atoms with E-state index in [1.807, 2.05) is 0 Å². The van der Waals surface area contributed by atoms with Gasteiger partial charge >= 0.3 is 6.03 Å². The van der Waals surface area contributed by atoms with Gasteiger partial charge in [-0.05, 0) is 25.7 Å². The van der Waals surface area contributed by atoms with Gasteiger partial charge in [-0.25, -0.2) is 17.5 Å². The minimum atomic E-state index is -3.19. The molecule has 0 spiro atoms. The van der Waals surface area contributed by atoms with Crippen molar-refractivity contribution in [2.75, 3.05) is 53.3 Å². The van der Waals surface area contributed by atoms with Crippen molar-refractivity contribution in [1.29, 1.82) is 0 Å². The number of methoxy groups -OCH3 is 2. The molecule has 1 aliphatic rings. The summed E-state index contributed by atoms with van der Waals surface area (Å²) < 4.78 is 34.8. The number of nitrogens with zero attached hydrogens (tertiary/aromatic N) is 1. The first kappa shape index (κ1) is 20.1. The van der Waals surface area contributed by atoms with E-state index < -0.39 is 15.6 Å². The zero-order valence-corrected chi connectivity index (χ0v) is 15.1. The van der Waals surface area contributed by atoms with Crippen LogP contribution in [0.4, 0.5) is 4.79 Å². The Morgan fingerprint density at radius 3 is 2.30 bits per heavy atom. The molecule has 0 radical (unpaired) electrons. The molecule has 1 rings (SSSR count). The largest absolute Gasteiger partial charge is 0.385 e. The van der Waals surface area contributed by atoms with Crippen LogP contribution in [0.2, 0.25) is 0 Å². The maximum Gasteiger partial charge on any atom is 0.315 e. The van der Waals surface area contributed by atoms with Gasteiger partial charge in [0.15, 0.2) is 0 Å². The van der Waals surface area contributed by atoms with E-state index in [1.54, 1.807) is 14.2 Å². The van der Waals surface area contributed by atoms with Crippen molar-refractivity contribution in [2.24, 2.45) is 0 Å². The number of urea groups is 1. The lowest BCUT2D eigenvalue weighted by atomic mass is 9.85. The Morgan fingerprint density at radius 1 is 1.17 bits per heavy atom. The standard InChI is InChI=1S/C14H29N3O5S/c1-21-11-4-8-15-13(18)16-14(7-12-22-2)5-9-17(10-6-14)23(3,19)20/h4-12H2,1-3H3,(H2,15,16,18). The Hall–Kier alpha value is -0.900. The third-order valence-electron chi connectivity index (χ3n) is 4.12. The predicted molar refractivity (Wildman–Crippen MR) is 87.9 cm³/mol. The van der Waals surface area contributed by atoms with E-state index in [9.17, 15) is 13.2 Å². The zero-order chi connectivity index (χ0) is 17.3. The zero-order valence-electron chi connectivity index (χ0n) is 14.3. The highest BCUT2D eigenvalue weighted by Gasteiger charge is 2.37. The van der Waals surface area contributed by atoms with Crippen molar-refractivity contribution in [1.82, 2.24) is 14.9 Å². The van der Waals surface area contributed by atoms with Gasteiger partial charge in [0.1, 0.15) is 0 Å². The molecule has 1 heterocycles. The van der Waals surface area contributed by atoms with Gasteiger partial charge in [0.25, 0.3) is 0 Å². The predicted octanol–water partition coefficient (Wildman–Crippen LogP) is 0.153. The fourth-order valence-electron chi connectivity index (χ4n) is 2.68. The Morgan fingerprint density at radius 2 is 1.78 bits per heavy atom. The maximum atomic E-state index is 12.1. The van der Waals surface area contributed by atoms with Crippen LogP contribution >= 0.6 is 0 Å². The summed E-state index contributed by atoms with van der Waals surface area (Å²) in [6.07, 6.45) is 3.78. The molecule has 0 aliphatic carbocycles. The molecule has 0 aromatic heterocycles. The molecule has 0 aromatic carbocycles. The Labute approximate surface area is 138 Å². The smallest absolute Gasteiger partial charge is 0.315 e. The summed E-state index contributed by atoms with van der Waals surface area (Å²) in [4.78, 5) is 12.1. The van der Waals surface area contributed by atoms with Crippen LogP contribution in [-0.2, 0) is 19.5 Å². The molecule has 9 heteroatoms. The van der Waals surface area contributed by atoms with Gasteiger partial charge in [-0.2, -0.15) is 0 Å². The fraction of sp³-hybridized carbons (Fsp3) is 0.929. The third kappa shape index (κ3) is 7.03. The van der Waals surface area contributed by atoms with Crippen molar-refractivity contribution < 1.29 is 22.7 Å². The minimum absolute atomic E-state index is 0.231. The summed E-state index contributed by atoms with van der Waals surface area (Å²) in [7, 11) is 0.0500. The summed E-state index contributed by atoms with van der Waals surface area (Å²) in [6.45, 7) is 2.47. The van der Waals surface area contributed by atoms with Crippen LogP contribution < -0.4 is 10.6 Å². The van der Waals surface area contributed by atoms with Gasteiger partial charge in [-0.3, -0.25) is 0 Å². The molecule has 0 unspecified atom stereocenters. The van der Waals surface area contributed by atoms with Gasteiger partial charge in [0.05, 0.1) is 6.26 Å². The number of hydrogen-bond donors (Lipinski definition) is 2. The van der Waals surface area contributed by atoms with Crippen molar-refractivity contribution in [3.05, 3.63) is 0 Å². The monoisotopic (exact) mass is 351 g/mol. The highest BCUT2D eigenvalue weighted by molar-refractivity contribution is 7.88. The van der Waals surface area contributed by atoms with Crippen molar-refractivity contribution >= 4 is 16.1 Å². The van der Waals surface area contributed by atoms with Gasteiger partial charge in [-0.1, -0.05) is 0 Å². The van der Waals surface area contributed by atoms with E-state index in [4.69, 9.17) is 9.47 Å². The van der Waals surface area contributed by atoms with Crippen LogP contribution in [0.15, 0.2) is 0 Å². The van der Waals surface area contributed by atoms with Crippen LogP contribution in [0.3, 0.4) is 0 Å². The lowest BCUT2D eigenvalue weighted by molar-refractivity contribution is 0.122. The molecule has 136 valence electrons. The molecule has 8 nitrogen and oxygen atoms in total. The molecule has 0 saturated carbocycles. The topological polar surface area (TPSA) is 97.0 Å². The number of amides is 2. The van der Waals surface area contributed by atoms with Crippen molar-refractivity contribution in [3.8, 4) is 0 Å². The Kier molecular flexibility index (Phi) is 8.24. The number of hydrogen-bond acceptors (Lipinski definition) is 5. The molecule has 1 aliphatic heterocycles. The lowest BCUT2D eigenvalue weighted by Gasteiger charge is -2.41. The normalized spacial score (nSPS) is 18.6. The van der Waals surface area contributed by atoms with E-state index in [0.29, 0.717) is 52.1 Å². The Bertz CT molecular complexity index is 461. The summed E-state index contributed by atoms with van der Waals surface area (Å²) in [5, 5.41) is 5.83. The van der Waals surface area contributed by atoms with Crippen LogP contribution in [0.5, 0.6) is 0 Å². The number of piperidine rings is 1. The minimum Gasteiger partial charge on any atom is -0.385 e. The number of nitrogens with one attached hydrogen (secondary N) is 2. The van der Waals surface area contributed by atoms with E-state index in [2.05, 4.69) is 10.6 Å². The van der Waals surface area contributed by atoms with Crippen molar-refractivity contribution in [2.45, 2.75) is 31.2 Å². The van der Waals surface area contributed by atoms with Gasteiger partial charge in [0.2, 0.25) is 10.0 Å². The lowest BCUT2D eigenvalue weighted by Crippen LogP contribution is -2.58. The van der Waals surface area contributed by atoms with E-state index in [0.717, 1.165) is 6.42 Å². The Balaban J connectivity index is 2.57. The molecule has 1 fully saturated rings. The third-order valence-corrected chi connectivity index (χ3v) is 5.43. The van der Waals surface area contributed by atoms with Crippen LogP contribution in [-0.4, -0.2) is 77.6 Å². The summed E-state index contributed by atoms with van der Waals surface area (Å²) in [5.41, 5.74) is -0.428. The average molecular weight is 351 g/mol. The summed E-state index contributed by atoms with van der Waals surface area (Å²) in [6, 6.07) is -0.231. The summed E-state index contributed by atoms with van der Waals surface area (Å²) >= 11 is 0. The van der Waals surface area contributed by atoms with Crippen LogP contribution in [0, 0.1) is 0 Å². The number of rotatable bonds is 9. The molecule has 23 heavy (non-hydrogen) atoms. The number of ether oxygens (including phenoxy) is 2. The second-order valence-electron chi connectivity index (χ2n) is 5.91. The molecule has 2 amide bonds. The van der Waals surface area contributed by atoms with Gasteiger partial charge in [0, 0.05) is 52.6 Å². The van der Waals surface area contributed by atoms with E-state index >= 15 is 0 Å². The second-order valence-corrected chi connectivity index (χ2v) is 7.89. The van der Waals surface area contributed by atoms with Crippen molar-refractivity contribution in [3.63, 3.8) is 0 Å². The van der Waals surface area contributed by atoms with E-state index in [-0.39, 0.29) is 6.03 Å². The number of carbonyl (C=O) groups is 1. The molecule has 1 saturated heterocycles. The van der Waals surface area contributed by atoms with Crippen LogP contribution in [0.1, 0.15) is 25.7 Å². The highest BCUT2D eigenvalue weighted by Crippen LogP contribution is 2.27. The average Bonchev–Trinajstić information content (AvgIpc) is 2.49. The first-order chi connectivity index (χ1) is 10.8. The molecule has 2 N–H and O–H groups in total. The first-order valence-corrected chi connectivity index (χ1v) is 9.67. The van der Waals surface area contributed by atoms with E-state index in [1.165, 1.54) is 10.6 Å². The van der Waals surface area contributed by atoms with Gasteiger partial charge < -0.3 is 20.1 Å². The SMILES string of the molecule is COCCCNC(=O)NC1(CCOC)CCN(S(C)(=O)=O)CC1. The maximum absolute atomic E-state index is 12.1. The molecule has 0 bridgehead atoms. The molecule has 0 atom stereocenters.